The second kappa shape index (κ2) is 7.70. The van der Waals surface area contributed by atoms with Crippen molar-refractivity contribution in [3.05, 3.63) is 107 Å². The van der Waals surface area contributed by atoms with Crippen molar-refractivity contribution in [1.29, 1.82) is 0 Å². The van der Waals surface area contributed by atoms with E-state index in [4.69, 9.17) is 9.94 Å². The van der Waals surface area contributed by atoms with Crippen LogP contribution in [0.15, 0.2) is 84.7 Å². The first-order valence-corrected chi connectivity index (χ1v) is 9.62. The Morgan fingerprint density at radius 1 is 1.21 bits per heavy atom. The Balaban J connectivity index is 1.50. The van der Waals surface area contributed by atoms with Gasteiger partial charge in [-0.2, -0.15) is 0 Å². The summed E-state index contributed by atoms with van der Waals surface area (Å²) in [6.07, 6.45) is 7.17. The van der Waals surface area contributed by atoms with E-state index in [9.17, 15) is 4.79 Å². The Labute approximate surface area is 170 Å². The maximum Gasteiger partial charge on any atom is 0.274 e. The zero-order chi connectivity index (χ0) is 20.4. The van der Waals surface area contributed by atoms with Crippen molar-refractivity contribution < 1.29 is 14.7 Å². The van der Waals surface area contributed by atoms with Crippen LogP contribution in [0.3, 0.4) is 0 Å². The minimum absolute atomic E-state index is 0.390. The molecule has 2 N–H and O–H groups in total. The second-order valence-corrected chi connectivity index (χ2v) is 7.46. The van der Waals surface area contributed by atoms with Gasteiger partial charge in [0, 0.05) is 30.4 Å². The highest BCUT2D eigenvalue weighted by Crippen LogP contribution is 2.45. The number of aryl methyl sites for hydroxylation is 1. The van der Waals surface area contributed by atoms with Crippen LogP contribution in [0.4, 0.5) is 0 Å². The minimum atomic E-state index is -0.520. The van der Waals surface area contributed by atoms with E-state index in [1.165, 1.54) is 11.1 Å². The van der Waals surface area contributed by atoms with Crippen LogP contribution in [0.5, 0.6) is 0 Å². The lowest BCUT2D eigenvalue weighted by atomic mass is 9.78. The molecule has 1 unspecified atom stereocenters. The molecule has 0 aliphatic carbocycles. The highest BCUT2D eigenvalue weighted by Gasteiger charge is 2.43. The van der Waals surface area contributed by atoms with E-state index >= 15 is 0 Å². The SMILES string of the molecule is C=C1C=C(C2(c3ccc(C)cc3)CCO2)C=CN1Cc1ccc(C(=O)NO)cc1. The van der Waals surface area contributed by atoms with Crippen LogP contribution < -0.4 is 5.48 Å². The number of nitrogens with one attached hydrogen (secondary N) is 1. The van der Waals surface area contributed by atoms with Crippen LogP contribution in [0.25, 0.3) is 0 Å². The predicted octanol–water partition coefficient (Wildman–Crippen LogP) is 4.20. The van der Waals surface area contributed by atoms with E-state index in [-0.39, 0.29) is 0 Å². The maximum atomic E-state index is 11.4. The van der Waals surface area contributed by atoms with Crippen LogP contribution >= 0.6 is 0 Å². The minimum Gasteiger partial charge on any atom is -0.365 e. The summed E-state index contributed by atoms with van der Waals surface area (Å²) >= 11 is 0. The fraction of sp³-hybridized carbons (Fsp3) is 0.208. The lowest BCUT2D eigenvalue weighted by molar-refractivity contribution is -0.124. The summed E-state index contributed by atoms with van der Waals surface area (Å²) in [5, 5.41) is 8.72. The first kappa shape index (κ1) is 19.2. The Morgan fingerprint density at radius 3 is 2.45 bits per heavy atom. The van der Waals surface area contributed by atoms with Crippen LogP contribution in [-0.4, -0.2) is 22.6 Å². The molecule has 5 heteroatoms. The number of hydrogen-bond acceptors (Lipinski definition) is 4. The van der Waals surface area contributed by atoms with Crippen LogP contribution in [0.2, 0.25) is 0 Å². The molecule has 1 amide bonds. The van der Waals surface area contributed by atoms with Gasteiger partial charge in [0.15, 0.2) is 0 Å². The fourth-order valence-corrected chi connectivity index (χ4v) is 3.76. The zero-order valence-corrected chi connectivity index (χ0v) is 16.4. The summed E-state index contributed by atoms with van der Waals surface area (Å²) in [5.74, 6) is -0.520. The van der Waals surface area contributed by atoms with Gasteiger partial charge in [-0.05, 0) is 47.9 Å². The monoisotopic (exact) mass is 388 g/mol. The average Bonchev–Trinajstić information content (AvgIpc) is 2.70. The number of allylic oxidation sites excluding steroid dienone is 1. The average molecular weight is 388 g/mol. The molecule has 0 aromatic heterocycles. The van der Waals surface area contributed by atoms with Gasteiger partial charge >= 0.3 is 0 Å². The van der Waals surface area contributed by atoms with Crippen molar-refractivity contribution in [2.24, 2.45) is 0 Å². The summed E-state index contributed by atoms with van der Waals surface area (Å²) in [6, 6.07) is 15.6. The van der Waals surface area contributed by atoms with Gasteiger partial charge in [-0.25, -0.2) is 5.48 Å². The van der Waals surface area contributed by atoms with Gasteiger partial charge in [0.25, 0.3) is 5.91 Å². The van der Waals surface area contributed by atoms with Crippen LogP contribution in [0.1, 0.15) is 33.5 Å². The third kappa shape index (κ3) is 3.62. The van der Waals surface area contributed by atoms with E-state index in [2.05, 4.69) is 54.8 Å². The van der Waals surface area contributed by atoms with Gasteiger partial charge in [-0.1, -0.05) is 48.5 Å². The summed E-state index contributed by atoms with van der Waals surface area (Å²) in [6.45, 7) is 7.70. The fourth-order valence-electron chi connectivity index (χ4n) is 3.76. The lowest BCUT2D eigenvalue weighted by Crippen LogP contribution is -2.43. The molecule has 1 fully saturated rings. The van der Waals surface area contributed by atoms with E-state index in [0.29, 0.717) is 12.1 Å². The number of amides is 1. The molecule has 0 radical (unpaired) electrons. The van der Waals surface area contributed by atoms with Gasteiger partial charge in [0.1, 0.15) is 5.60 Å². The molecule has 2 aliphatic rings. The van der Waals surface area contributed by atoms with Crippen molar-refractivity contribution in [1.82, 2.24) is 10.4 Å². The van der Waals surface area contributed by atoms with Crippen LogP contribution in [0, 0.1) is 6.92 Å². The highest BCUT2D eigenvalue weighted by atomic mass is 16.5. The van der Waals surface area contributed by atoms with Gasteiger partial charge in [0.2, 0.25) is 0 Å². The molecule has 5 nitrogen and oxygen atoms in total. The predicted molar refractivity (Wildman–Crippen MR) is 111 cm³/mol. The largest absolute Gasteiger partial charge is 0.365 e. The molecule has 1 saturated heterocycles. The third-order valence-electron chi connectivity index (χ3n) is 5.58. The molecule has 1 atom stereocenters. The molecule has 2 aromatic rings. The Hall–Kier alpha value is -3.15. The van der Waals surface area contributed by atoms with E-state index in [1.54, 1.807) is 17.6 Å². The number of hydrogen-bond donors (Lipinski definition) is 2. The smallest absolute Gasteiger partial charge is 0.274 e. The van der Waals surface area contributed by atoms with E-state index in [0.717, 1.165) is 29.9 Å². The molecular weight excluding hydrogens is 364 g/mol. The standard InChI is InChI=1S/C24H24N2O3/c1-17-3-9-21(10-4-17)24(12-14-29-24)22-11-13-26(18(2)15-22)16-19-5-7-20(8-6-19)23(27)25-28/h3-11,13,15,28H,2,12,14,16H2,1H3,(H,25,27). The first-order chi connectivity index (χ1) is 14.0. The Kier molecular flexibility index (Phi) is 5.09. The van der Waals surface area contributed by atoms with E-state index in [1.807, 2.05) is 18.3 Å². The van der Waals surface area contributed by atoms with Crippen molar-refractivity contribution in [2.45, 2.75) is 25.5 Å². The number of rotatable bonds is 5. The molecule has 0 saturated carbocycles. The number of benzene rings is 2. The molecular formula is C24H24N2O3. The number of carbonyl (C=O) groups excluding carboxylic acids is 1. The normalized spacial score (nSPS) is 20.8. The molecule has 4 rings (SSSR count). The van der Waals surface area contributed by atoms with Gasteiger partial charge in [-0.15, -0.1) is 0 Å². The summed E-state index contributed by atoms with van der Waals surface area (Å²) < 4.78 is 6.09. The van der Waals surface area contributed by atoms with Crippen molar-refractivity contribution >= 4 is 5.91 Å². The Morgan fingerprint density at radius 2 is 1.90 bits per heavy atom. The van der Waals surface area contributed by atoms with Crippen molar-refractivity contribution in [3.8, 4) is 0 Å². The van der Waals surface area contributed by atoms with E-state index < -0.39 is 11.5 Å². The molecule has 2 heterocycles. The zero-order valence-electron chi connectivity index (χ0n) is 16.4. The molecule has 2 aliphatic heterocycles. The van der Waals surface area contributed by atoms with Gasteiger partial charge in [-0.3, -0.25) is 10.0 Å². The lowest BCUT2D eigenvalue weighted by Gasteiger charge is -2.45. The first-order valence-electron chi connectivity index (χ1n) is 9.62. The molecule has 29 heavy (non-hydrogen) atoms. The Bertz CT molecular complexity index is 984. The van der Waals surface area contributed by atoms with Gasteiger partial charge in [0.05, 0.1) is 6.61 Å². The van der Waals surface area contributed by atoms with Crippen LogP contribution in [-0.2, 0) is 16.9 Å². The topological polar surface area (TPSA) is 61.8 Å². The van der Waals surface area contributed by atoms with Gasteiger partial charge < -0.3 is 9.64 Å². The van der Waals surface area contributed by atoms with Crippen molar-refractivity contribution in [2.75, 3.05) is 6.61 Å². The second-order valence-electron chi connectivity index (χ2n) is 7.46. The summed E-state index contributed by atoms with van der Waals surface area (Å²) in [7, 11) is 0. The molecule has 148 valence electrons. The summed E-state index contributed by atoms with van der Waals surface area (Å²) in [5.41, 5.74) is 7.11. The number of carbonyl (C=O) groups is 1. The number of hydroxylamine groups is 1. The third-order valence-corrected chi connectivity index (χ3v) is 5.58. The molecule has 0 spiro atoms. The number of nitrogens with zero attached hydrogens (tertiary/aromatic N) is 1. The molecule has 0 bridgehead atoms. The number of ether oxygens (including phenoxy) is 1. The molecule has 2 aromatic carbocycles. The van der Waals surface area contributed by atoms with Crippen molar-refractivity contribution in [3.63, 3.8) is 0 Å². The highest BCUT2D eigenvalue weighted by molar-refractivity contribution is 5.93. The summed E-state index contributed by atoms with van der Waals surface area (Å²) in [4.78, 5) is 13.5. The quantitative estimate of drug-likeness (QED) is 0.595. The maximum absolute atomic E-state index is 11.4.